The van der Waals surface area contributed by atoms with Crippen LogP contribution in [0.25, 0.3) is 0 Å². The number of alkyl halides is 2. The van der Waals surface area contributed by atoms with Crippen LogP contribution in [0.5, 0.6) is 0 Å². The third-order valence-corrected chi connectivity index (χ3v) is 2.50. The van der Waals surface area contributed by atoms with Gasteiger partial charge in [-0.2, -0.15) is 0 Å². The van der Waals surface area contributed by atoms with Gasteiger partial charge in [-0.15, -0.1) is 0 Å². The van der Waals surface area contributed by atoms with Crippen LogP contribution < -0.4 is 5.73 Å². The van der Waals surface area contributed by atoms with E-state index >= 15 is 0 Å². The van der Waals surface area contributed by atoms with Crippen LogP contribution >= 0.6 is 0 Å². The van der Waals surface area contributed by atoms with Crippen molar-refractivity contribution in [2.24, 2.45) is 5.73 Å². The fourth-order valence-corrected chi connectivity index (χ4v) is 1.38. The molecule has 0 saturated heterocycles. The van der Waals surface area contributed by atoms with Crippen LogP contribution in [0.1, 0.15) is 16.7 Å². The highest BCUT2D eigenvalue weighted by atomic mass is 19.3. The average molecular weight is 199 g/mol. The molecule has 0 spiro atoms. The molecule has 0 amide bonds. The molecule has 1 unspecified atom stereocenters. The Labute approximate surface area is 82.9 Å². The summed E-state index contributed by atoms with van der Waals surface area (Å²) in [6, 6.07) is 4.63. The van der Waals surface area contributed by atoms with Gasteiger partial charge < -0.3 is 5.73 Å². The summed E-state index contributed by atoms with van der Waals surface area (Å²) < 4.78 is 24.4. The summed E-state index contributed by atoms with van der Waals surface area (Å²) in [7, 11) is 0. The number of hydrogen-bond donors (Lipinski definition) is 1. The quantitative estimate of drug-likeness (QED) is 0.795. The minimum absolute atomic E-state index is 0.241. The van der Waals surface area contributed by atoms with Gasteiger partial charge in [0.2, 0.25) is 0 Å². The first-order valence-electron chi connectivity index (χ1n) is 4.61. The summed E-state index contributed by atoms with van der Waals surface area (Å²) in [6.07, 6.45) is -2.21. The molecular formula is C11H15F2N. The summed E-state index contributed by atoms with van der Waals surface area (Å²) in [5.41, 5.74) is 8.41. The van der Waals surface area contributed by atoms with E-state index in [0.717, 1.165) is 16.7 Å². The summed E-state index contributed by atoms with van der Waals surface area (Å²) >= 11 is 0. The SMILES string of the molecule is Cc1cccc(CC(N)C(F)F)c1C. The molecule has 0 bridgehead atoms. The van der Waals surface area contributed by atoms with E-state index in [9.17, 15) is 8.78 Å². The zero-order chi connectivity index (χ0) is 10.7. The van der Waals surface area contributed by atoms with Crippen molar-refractivity contribution in [3.63, 3.8) is 0 Å². The maximum absolute atomic E-state index is 12.2. The van der Waals surface area contributed by atoms with Crippen molar-refractivity contribution in [1.29, 1.82) is 0 Å². The molecule has 1 rings (SSSR count). The first kappa shape index (κ1) is 11.1. The monoisotopic (exact) mass is 199 g/mol. The van der Waals surface area contributed by atoms with Gasteiger partial charge in [-0.1, -0.05) is 18.2 Å². The molecular weight excluding hydrogens is 184 g/mol. The Bertz CT molecular complexity index is 310. The molecule has 1 aromatic carbocycles. The van der Waals surface area contributed by atoms with Gasteiger partial charge >= 0.3 is 0 Å². The van der Waals surface area contributed by atoms with Crippen LogP contribution in [0.15, 0.2) is 18.2 Å². The molecule has 0 aliphatic carbocycles. The van der Waals surface area contributed by atoms with Gasteiger partial charge in [0.1, 0.15) is 0 Å². The molecule has 1 nitrogen and oxygen atoms in total. The number of nitrogens with two attached hydrogens (primary N) is 1. The Hall–Kier alpha value is -0.960. The standard InChI is InChI=1S/C11H15F2N/c1-7-4-3-5-9(8(7)2)6-10(14)11(12)13/h3-5,10-11H,6,14H2,1-2H3. The van der Waals surface area contributed by atoms with E-state index < -0.39 is 12.5 Å². The molecule has 1 atom stereocenters. The van der Waals surface area contributed by atoms with Crippen molar-refractivity contribution < 1.29 is 8.78 Å². The van der Waals surface area contributed by atoms with E-state index in [4.69, 9.17) is 5.73 Å². The second kappa shape index (κ2) is 4.51. The lowest BCUT2D eigenvalue weighted by atomic mass is 9.98. The lowest BCUT2D eigenvalue weighted by molar-refractivity contribution is 0.116. The Kier molecular flexibility index (Phi) is 3.58. The highest BCUT2D eigenvalue weighted by molar-refractivity contribution is 5.33. The van der Waals surface area contributed by atoms with Crippen LogP contribution in [0, 0.1) is 13.8 Å². The van der Waals surface area contributed by atoms with E-state index in [2.05, 4.69) is 0 Å². The average Bonchev–Trinajstić information content (AvgIpc) is 2.12. The van der Waals surface area contributed by atoms with Crippen molar-refractivity contribution in [2.45, 2.75) is 32.7 Å². The highest BCUT2D eigenvalue weighted by Gasteiger charge is 2.16. The molecule has 2 N–H and O–H groups in total. The molecule has 0 aliphatic heterocycles. The van der Waals surface area contributed by atoms with Gasteiger partial charge in [0.15, 0.2) is 0 Å². The second-order valence-electron chi connectivity index (χ2n) is 3.56. The van der Waals surface area contributed by atoms with Gasteiger partial charge in [-0.05, 0) is 37.0 Å². The highest BCUT2D eigenvalue weighted by Crippen LogP contribution is 2.15. The van der Waals surface area contributed by atoms with Gasteiger partial charge in [0.25, 0.3) is 6.43 Å². The lowest BCUT2D eigenvalue weighted by Gasteiger charge is -2.13. The van der Waals surface area contributed by atoms with Crippen LogP contribution in [0.4, 0.5) is 8.78 Å². The van der Waals surface area contributed by atoms with Crippen LogP contribution in [-0.2, 0) is 6.42 Å². The topological polar surface area (TPSA) is 26.0 Å². The zero-order valence-electron chi connectivity index (χ0n) is 8.43. The van der Waals surface area contributed by atoms with E-state index in [1.165, 1.54) is 0 Å². The fraction of sp³-hybridized carbons (Fsp3) is 0.455. The number of hydrogen-bond acceptors (Lipinski definition) is 1. The number of aryl methyl sites for hydroxylation is 1. The summed E-state index contributed by atoms with van der Waals surface area (Å²) in [4.78, 5) is 0. The first-order valence-corrected chi connectivity index (χ1v) is 4.61. The van der Waals surface area contributed by atoms with Gasteiger partial charge in [-0.25, -0.2) is 8.78 Å². The molecule has 0 saturated carbocycles. The second-order valence-corrected chi connectivity index (χ2v) is 3.56. The normalized spacial score (nSPS) is 13.3. The predicted molar refractivity (Wildman–Crippen MR) is 53.6 cm³/mol. The van der Waals surface area contributed by atoms with Crippen molar-refractivity contribution in [2.75, 3.05) is 0 Å². The van der Waals surface area contributed by atoms with Crippen molar-refractivity contribution in [3.8, 4) is 0 Å². The molecule has 0 aliphatic rings. The zero-order valence-corrected chi connectivity index (χ0v) is 8.43. The van der Waals surface area contributed by atoms with Crippen molar-refractivity contribution in [3.05, 3.63) is 34.9 Å². The van der Waals surface area contributed by atoms with Crippen molar-refractivity contribution in [1.82, 2.24) is 0 Å². The summed E-state index contributed by atoms with van der Waals surface area (Å²) in [5.74, 6) is 0. The Morgan fingerprint density at radius 2 is 1.93 bits per heavy atom. The van der Waals surface area contributed by atoms with E-state index in [0.29, 0.717) is 0 Å². The molecule has 0 heterocycles. The maximum atomic E-state index is 12.2. The smallest absolute Gasteiger partial charge is 0.253 e. The largest absolute Gasteiger partial charge is 0.323 e. The van der Waals surface area contributed by atoms with Gasteiger partial charge in [0, 0.05) is 0 Å². The van der Waals surface area contributed by atoms with Crippen LogP contribution in [-0.4, -0.2) is 12.5 Å². The summed E-state index contributed by atoms with van der Waals surface area (Å²) in [5, 5.41) is 0. The maximum Gasteiger partial charge on any atom is 0.253 e. The Balaban J connectivity index is 2.82. The Morgan fingerprint density at radius 1 is 1.29 bits per heavy atom. The molecule has 0 fully saturated rings. The number of halogens is 2. The fourth-order valence-electron chi connectivity index (χ4n) is 1.38. The molecule has 0 radical (unpaired) electrons. The third kappa shape index (κ3) is 2.51. The van der Waals surface area contributed by atoms with Gasteiger partial charge in [-0.3, -0.25) is 0 Å². The van der Waals surface area contributed by atoms with Gasteiger partial charge in [0.05, 0.1) is 6.04 Å². The molecule has 14 heavy (non-hydrogen) atoms. The molecule has 0 aromatic heterocycles. The van der Waals surface area contributed by atoms with Crippen LogP contribution in [0.2, 0.25) is 0 Å². The number of benzene rings is 1. The molecule has 1 aromatic rings. The first-order chi connectivity index (χ1) is 6.52. The predicted octanol–water partition coefficient (Wildman–Crippen LogP) is 2.44. The molecule has 78 valence electrons. The van der Waals surface area contributed by atoms with E-state index in [1.807, 2.05) is 32.0 Å². The minimum Gasteiger partial charge on any atom is -0.323 e. The van der Waals surface area contributed by atoms with E-state index in [1.54, 1.807) is 0 Å². The number of rotatable bonds is 3. The molecule has 3 heteroatoms. The lowest BCUT2D eigenvalue weighted by Crippen LogP contribution is -2.31. The summed E-state index contributed by atoms with van der Waals surface area (Å²) in [6.45, 7) is 3.90. The van der Waals surface area contributed by atoms with E-state index in [-0.39, 0.29) is 6.42 Å². The van der Waals surface area contributed by atoms with Crippen molar-refractivity contribution >= 4 is 0 Å². The Morgan fingerprint density at radius 3 is 2.50 bits per heavy atom. The minimum atomic E-state index is -2.45. The van der Waals surface area contributed by atoms with Crippen LogP contribution in [0.3, 0.4) is 0 Å². The third-order valence-electron chi connectivity index (χ3n) is 2.50.